The van der Waals surface area contributed by atoms with Crippen LogP contribution in [0.4, 0.5) is 11.4 Å². The lowest BCUT2D eigenvalue weighted by Crippen LogP contribution is -2.17. The minimum atomic E-state index is -0.264. The lowest BCUT2D eigenvalue weighted by molar-refractivity contribution is 0.102. The van der Waals surface area contributed by atoms with Crippen molar-refractivity contribution in [3.05, 3.63) is 42.2 Å². The number of ether oxygens (including phenoxy) is 2. The molecule has 1 aromatic heterocycles. The third-order valence-electron chi connectivity index (χ3n) is 3.51. The van der Waals surface area contributed by atoms with Gasteiger partial charge in [0, 0.05) is 30.2 Å². The van der Waals surface area contributed by atoms with Crippen molar-refractivity contribution in [3.8, 4) is 11.5 Å². The summed E-state index contributed by atoms with van der Waals surface area (Å²) in [5, 5.41) is 6.12. The summed E-state index contributed by atoms with van der Waals surface area (Å²) < 4.78 is 11.0. The van der Waals surface area contributed by atoms with E-state index >= 15 is 0 Å². The Morgan fingerprint density at radius 2 is 1.92 bits per heavy atom. The smallest absolute Gasteiger partial charge is 0.274 e. The van der Waals surface area contributed by atoms with Crippen molar-refractivity contribution >= 4 is 17.3 Å². The predicted molar refractivity (Wildman–Crippen MR) is 92.9 cm³/mol. The number of pyridine rings is 1. The van der Waals surface area contributed by atoms with Crippen LogP contribution in [-0.2, 0) is 0 Å². The van der Waals surface area contributed by atoms with Gasteiger partial charge in [0.2, 0.25) is 0 Å². The van der Waals surface area contributed by atoms with Crippen LogP contribution in [-0.4, -0.2) is 30.6 Å². The van der Waals surface area contributed by atoms with Crippen molar-refractivity contribution in [3.63, 3.8) is 0 Å². The molecule has 3 rings (SSSR count). The number of rotatable bonds is 5. The van der Waals surface area contributed by atoms with Crippen molar-refractivity contribution < 1.29 is 14.3 Å². The van der Waals surface area contributed by atoms with Gasteiger partial charge in [-0.2, -0.15) is 0 Å². The number of anilines is 2. The molecule has 0 saturated carbocycles. The van der Waals surface area contributed by atoms with Gasteiger partial charge in [-0.25, -0.2) is 0 Å². The van der Waals surface area contributed by atoms with Crippen molar-refractivity contribution in [2.24, 2.45) is 5.92 Å². The Kier molecular flexibility index (Phi) is 4.84. The number of fused-ring (bicyclic) bond motifs is 1. The van der Waals surface area contributed by atoms with E-state index < -0.39 is 0 Å². The molecule has 6 heteroatoms. The van der Waals surface area contributed by atoms with E-state index in [0.717, 1.165) is 12.2 Å². The van der Waals surface area contributed by atoms with E-state index in [1.165, 1.54) is 0 Å². The van der Waals surface area contributed by atoms with E-state index in [-0.39, 0.29) is 5.91 Å². The molecular formula is C18H21N3O3. The molecule has 1 aliphatic rings. The average molecular weight is 327 g/mol. The molecule has 0 atom stereocenters. The van der Waals surface area contributed by atoms with Crippen LogP contribution < -0.4 is 20.1 Å². The van der Waals surface area contributed by atoms with Crippen LogP contribution in [0.3, 0.4) is 0 Å². The Balaban J connectivity index is 1.69. The summed E-state index contributed by atoms with van der Waals surface area (Å²) >= 11 is 0. The van der Waals surface area contributed by atoms with Crippen LogP contribution in [0.15, 0.2) is 36.5 Å². The van der Waals surface area contributed by atoms with E-state index in [1.54, 1.807) is 30.5 Å². The highest BCUT2D eigenvalue weighted by molar-refractivity contribution is 6.03. The molecule has 0 spiro atoms. The fourth-order valence-corrected chi connectivity index (χ4v) is 2.30. The molecule has 1 amide bonds. The molecule has 6 nitrogen and oxygen atoms in total. The maximum Gasteiger partial charge on any atom is 0.274 e. The van der Waals surface area contributed by atoms with Gasteiger partial charge in [-0.1, -0.05) is 13.8 Å². The van der Waals surface area contributed by atoms with Crippen molar-refractivity contribution in [2.75, 3.05) is 30.4 Å². The summed E-state index contributed by atoms with van der Waals surface area (Å²) in [6.45, 7) is 6.15. The number of carbonyl (C=O) groups excluding carboxylic acids is 1. The van der Waals surface area contributed by atoms with Gasteiger partial charge in [-0.05, 0) is 30.2 Å². The molecule has 0 fully saturated rings. The van der Waals surface area contributed by atoms with Crippen LogP contribution in [0.25, 0.3) is 0 Å². The average Bonchev–Trinajstić information content (AvgIpc) is 2.60. The first-order valence-corrected chi connectivity index (χ1v) is 8.03. The second-order valence-electron chi connectivity index (χ2n) is 6.02. The summed E-state index contributed by atoms with van der Waals surface area (Å²) in [6.07, 6.45) is 1.63. The molecule has 2 N–H and O–H groups in total. The summed E-state index contributed by atoms with van der Waals surface area (Å²) in [6, 6.07) is 8.93. The number of carbonyl (C=O) groups is 1. The molecular weight excluding hydrogens is 306 g/mol. The number of hydrogen-bond donors (Lipinski definition) is 2. The summed E-state index contributed by atoms with van der Waals surface area (Å²) in [7, 11) is 0. The SMILES string of the molecule is CC(C)CNc1ccnc(C(=O)Nc2ccc3c(c2)OCCO3)c1. The second kappa shape index (κ2) is 7.21. The van der Waals surface area contributed by atoms with E-state index in [1.807, 2.05) is 6.07 Å². The fraction of sp³-hybridized carbons (Fsp3) is 0.333. The van der Waals surface area contributed by atoms with Gasteiger partial charge >= 0.3 is 0 Å². The highest BCUT2D eigenvalue weighted by atomic mass is 16.6. The zero-order chi connectivity index (χ0) is 16.9. The quantitative estimate of drug-likeness (QED) is 0.882. The van der Waals surface area contributed by atoms with Gasteiger partial charge in [0.15, 0.2) is 11.5 Å². The van der Waals surface area contributed by atoms with Gasteiger partial charge in [0.25, 0.3) is 5.91 Å². The van der Waals surface area contributed by atoms with Gasteiger partial charge < -0.3 is 20.1 Å². The Morgan fingerprint density at radius 1 is 1.12 bits per heavy atom. The van der Waals surface area contributed by atoms with Gasteiger partial charge in [0.05, 0.1) is 0 Å². The van der Waals surface area contributed by atoms with Crippen molar-refractivity contribution in [1.82, 2.24) is 4.98 Å². The topological polar surface area (TPSA) is 72.5 Å². The third-order valence-corrected chi connectivity index (χ3v) is 3.51. The van der Waals surface area contributed by atoms with Crippen LogP contribution in [0.1, 0.15) is 24.3 Å². The molecule has 2 heterocycles. The van der Waals surface area contributed by atoms with Gasteiger partial charge in [-0.3, -0.25) is 9.78 Å². The number of aromatic nitrogens is 1. The fourth-order valence-electron chi connectivity index (χ4n) is 2.30. The molecule has 0 unspecified atom stereocenters. The van der Waals surface area contributed by atoms with Crippen molar-refractivity contribution in [2.45, 2.75) is 13.8 Å². The van der Waals surface area contributed by atoms with E-state index in [2.05, 4.69) is 29.5 Å². The summed E-state index contributed by atoms with van der Waals surface area (Å²) in [5.41, 5.74) is 1.89. The Bertz CT molecular complexity index is 731. The minimum absolute atomic E-state index is 0.264. The lowest BCUT2D eigenvalue weighted by atomic mass is 10.2. The lowest BCUT2D eigenvalue weighted by Gasteiger charge is -2.19. The monoisotopic (exact) mass is 327 g/mol. The largest absolute Gasteiger partial charge is 0.486 e. The molecule has 126 valence electrons. The van der Waals surface area contributed by atoms with Crippen LogP contribution in [0.5, 0.6) is 11.5 Å². The number of hydrogen-bond acceptors (Lipinski definition) is 5. The zero-order valence-electron chi connectivity index (χ0n) is 13.8. The molecule has 24 heavy (non-hydrogen) atoms. The molecule has 2 aromatic rings. The summed E-state index contributed by atoms with van der Waals surface area (Å²) in [5.74, 6) is 1.59. The normalized spacial score (nSPS) is 12.8. The standard InChI is InChI=1S/C18H21N3O3/c1-12(2)11-20-13-5-6-19-15(9-13)18(22)21-14-3-4-16-17(10-14)24-8-7-23-16/h3-6,9-10,12H,7-8,11H2,1-2H3,(H,19,20)(H,21,22). The highest BCUT2D eigenvalue weighted by Gasteiger charge is 2.14. The Hall–Kier alpha value is -2.76. The first-order valence-electron chi connectivity index (χ1n) is 8.03. The minimum Gasteiger partial charge on any atom is -0.486 e. The number of benzene rings is 1. The predicted octanol–water partition coefficient (Wildman–Crippen LogP) is 3.17. The van der Waals surface area contributed by atoms with Crippen LogP contribution in [0.2, 0.25) is 0 Å². The zero-order valence-corrected chi connectivity index (χ0v) is 13.8. The van der Waals surface area contributed by atoms with Crippen LogP contribution in [0, 0.1) is 5.92 Å². The van der Waals surface area contributed by atoms with Gasteiger partial charge in [-0.15, -0.1) is 0 Å². The van der Waals surface area contributed by atoms with Gasteiger partial charge in [0.1, 0.15) is 18.9 Å². The molecule has 0 radical (unpaired) electrons. The van der Waals surface area contributed by atoms with E-state index in [0.29, 0.717) is 42.0 Å². The maximum atomic E-state index is 12.4. The van der Waals surface area contributed by atoms with Crippen LogP contribution >= 0.6 is 0 Å². The van der Waals surface area contributed by atoms with Crippen molar-refractivity contribution in [1.29, 1.82) is 0 Å². The molecule has 0 aliphatic carbocycles. The summed E-state index contributed by atoms with van der Waals surface area (Å²) in [4.78, 5) is 16.5. The van der Waals surface area contributed by atoms with E-state index in [4.69, 9.17) is 9.47 Å². The first kappa shape index (κ1) is 16.1. The molecule has 0 saturated heterocycles. The second-order valence-corrected chi connectivity index (χ2v) is 6.02. The Labute approximate surface area is 141 Å². The van der Waals surface area contributed by atoms with E-state index in [9.17, 15) is 4.79 Å². The molecule has 1 aromatic carbocycles. The molecule has 1 aliphatic heterocycles. The third kappa shape index (κ3) is 3.95. The maximum absolute atomic E-state index is 12.4. The Morgan fingerprint density at radius 3 is 2.71 bits per heavy atom. The number of amides is 1. The first-order chi connectivity index (χ1) is 11.6. The highest BCUT2D eigenvalue weighted by Crippen LogP contribution is 2.32. The number of nitrogens with one attached hydrogen (secondary N) is 2. The number of nitrogens with zero attached hydrogens (tertiary/aromatic N) is 1. The molecule has 0 bridgehead atoms.